The first kappa shape index (κ1) is 22.5. The van der Waals surface area contributed by atoms with Crippen molar-refractivity contribution in [3.8, 4) is 11.5 Å². The number of aromatic nitrogens is 1. The van der Waals surface area contributed by atoms with E-state index in [1.165, 1.54) is 42.1 Å². The van der Waals surface area contributed by atoms with Gasteiger partial charge in [-0.2, -0.15) is 0 Å². The Bertz CT molecular complexity index is 1210. The number of nitrogens with zero attached hydrogens (tertiary/aromatic N) is 2. The summed E-state index contributed by atoms with van der Waals surface area (Å²) in [6.07, 6.45) is 1.52. The molecule has 2 aromatic carbocycles. The number of carbonyl (C=O) groups excluding carboxylic acids is 1. The van der Waals surface area contributed by atoms with Gasteiger partial charge >= 0.3 is 0 Å². The average molecular weight is 441 g/mol. The van der Waals surface area contributed by atoms with Gasteiger partial charge in [0.15, 0.2) is 11.5 Å². The van der Waals surface area contributed by atoms with Gasteiger partial charge in [-0.3, -0.25) is 19.7 Å². The number of rotatable bonds is 8. The molecule has 9 nitrogen and oxygen atoms in total. The normalized spacial score (nSPS) is 10.5. The zero-order valence-corrected chi connectivity index (χ0v) is 17.3. The molecule has 0 fully saturated rings. The molecule has 0 aliphatic heterocycles. The number of hydrogen-bond donors (Lipinski definition) is 1. The molecule has 1 aromatic heterocycles. The fourth-order valence-corrected chi connectivity index (χ4v) is 3.04. The summed E-state index contributed by atoms with van der Waals surface area (Å²) in [6.45, 7) is 2.11. The number of halogens is 1. The molecule has 0 atom stereocenters. The van der Waals surface area contributed by atoms with Crippen LogP contribution in [0.4, 0.5) is 15.8 Å². The van der Waals surface area contributed by atoms with Gasteiger partial charge in [-0.15, -0.1) is 0 Å². The van der Waals surface area contributed by atoms with Crippen molar-refractivity contribution in [1.82, 2.24) is 4.57 Å². The Morgan fingerprint density at radius 1 is 1.19 bits per heavy atom. The molecule has 1 N–H and O–H groups in total. The third-order valence-electron chi connectivity index (χ3n) is 4.56. The summed E-state index contributed by atoms with van der Waals surface area (Å²) in [5.41, 5.74) is -0.686. The van der Waals surface area contributed by atoms with Crippen molar-refractivity contribution >= 4 is 17.3 Å². The van der Waals surface area contributed by atoms with Gasteiger partial charge in [0, 0.05) is 12.3 Å². The number of anilines is 1. The van der Waals surface area contributed by atoms with Crippen LogP contribution < -0.4 is 20.3 Å². The zero-order valence-electron chi connectivity index (χ0n) is 17.3. The highest BCUT2D eigenvalue weighted by atomic mass is 19.1. The molecule has 166 valence electrons. The second-order valence-corrected chi connectivity index (χ2v) is 6.65. The fraction of sp³-hybridized carbons (Fsp3) is 0.182. The van der Waals surface area contributed by atoms with E-state index in [1.807, 2.05) is 0 Å². The zero-order chi connectivity index (χ0) is 23.3. The summed E-state index contributed by atoms with van der Waals surface area (Å²) in [5, 5.41) is 13.9. The molecule has 1 heterocycles. The van der Waals surface area contributed by atoms with E-state index in [1.54, 1.807) is 25.1 Å². The molecule has 3 rings (SSSR count). The molecule has 0 bridgehead atoms. The molecule has 0 saturated heterocycles. The highest BCUT2D eigenvalue weighted by Crippen LogP contribution is 2.35. The third kappa shape index (κ3) is 4.91. The molecular weight excluding hydrogens is 421 g/mol. The van der Waals surface area contributed by atoms with Gasteiger partial charge in [0.1, 0.15) is 17.1 Å². The molecule has 3 aromatic rings. The summed E-state index contributed by atoms with van der Waals surface area (Å²) in [6, 6.07) is 10.9. The van der Waals surface area contributed by atoms with Gasteiger partial charge in [-0.25, -0.2) is 4.39 Å². The first-order chi connectivity index (χ1) is 15.3. The first-order valence-electron chi connectivity index (χ1n) is 9.58. The lowest BCUT2D eigenvalue weighted by molar-refractivity contribution is -0.385. The van der Waals surface area contributed by atoms with E-state index in [9.17, 15) is 24.1 Å². The maximum atomic E-state index is 13.1. The minimum absolute atomic E-state index is 0.0678. The van der Waals surface area contributed by atoms with Gasteiger partial charge < -0.3 is 19.4 Å². The van der Waals surface area contributed by atoms with Crippen LogP contribution in [0.3, 0.4) is 0 Å². The van der Waals surface area contributed by atoms with Crippen molar-refractivity contribution in [1.29, 1.82) is 0 Å². The predicted molar refractivity (Wildman–Crippen MR) is 115 cm³/mol. The van der Waals surface area contributed by atoms with Gasteiger partial charge in [-0.05, 0) is 36.8 Å². The Kier molecular flexibility index (Phi) is 6.83. The molecular formula is C22H20FN3O6. The van der Waals surface area contributed by atoms with E-state index in [2.05, 4.69) is 5.32 Å². The van der Waals surface area contributed by atoms with E-state index >= 15 is 0 Å². The van der Waals surface area contributed by atoms with Crippen LogP contribution >= 0.6 is 0 Å². The number of ether oxygens (including phenoxy) is 2. The number of amides is 1. The monoisotopic (exact) mass is 441 g/mol. The second kappa shape index (κ2) is 9.73. The van der Waals surface area contributed by atoms with E-state index in [-0.39, 0.29) is 35.9 Å². The Morgan fingerprint density at radius 2 is 1.91 bits per heavy atom. The minimum Gasteiger partial charge on any atom is -0.493 e. The van der Waals surface area contributed by atoms with Crippen LogP contribution in [0, 0.1) is 15.9 Å². The lowest BCUT2D eigenvalue weighted by Gasteiger charge is -2.12. The fourth-order valence-electron chi connectivity index (χ4n) is 3.04. The lowest BCUT2D eigenvalue weighted by atomic mass is 10.1. The molecule has 0 aliphatic carbocycles. The molecule has 0 aliphatic rings. The van der Waals surface area contributed by atoms with Gasteiger partial charge in [0.05, 0.1) is 31.3 Å². The highest BCUT2D eigenvalue weighted by molar-refractivity contribution is 6.07. The topological polar surface area (TPSA) is 113 Å². The third-order valence-corrected chi connectivity index (χ3v) is 4.56. The Hall–Kier alpha value is -4.21. The maximum Gasteiger partial charge on any atom is 0.286 e. The van der Waals surface area contributed by atoms with Crippen molar-refractivity contribution < 1.29 is 23.6 Å². The van der Waals surface area contributed by atoms with Crippen LogP contribution in [0.2, 0.25) is 0 Å². The Morgan fingerprint density at radius 3 is 2.53 bits per heavy atom. The molecule has 10 heteroatoms. The van der Waals surface area contributed by atoms with Crippen LogP contribution in [0.25, 0.3) is 0 Å². The number of nitro groups is 1. The van der Waals surface area contributed by atoms with Crippen molar-refractivity contribution in [3.63, 3.8) is 0 Å². The standard InChI is InChI=1S/C22H20FN3O6/c1-3-32-20-12-18(26(29)30)16(11-19(20)31-2)21(27)24-17-5-4-10-25(22(17)28)13-14-6-8-15(23)9-7-14/h4-12H,3,13H2,1-2H3,(H,24,27). The van der Waals surface area contributed by atoms with Crippen LogP contribution in [0.1, 0.15) is 22.8 Å². The van der Waals surface area contributed by atoms with Crippen molar-refractivity contribution in [2.75, 3.05) is 19.0 Å². The molecule has 32 heavy (non-hydrogen) atoms. The number of hydrogen-bond acceptors (Lipinski definition) is 6. The number of carbonyl (C=O) groups is 1. The minimum atomic E-state index is -0.852. The number of nitro benzene ring substituents is 1. The van der Waals surface area contributed by atoms with Gasteiger partial charge in [0.2, 0.25) is 0 Å². The van der Waals surface area contributed by atoms with Gasteiger partial charge in [0.25, 0.3) is 17.2 Å². The van der Waals surface area contributed by atoms with Crippen molar-refractivity contribution in [3.05, 3.63) is 92.1 Å². The molecule has 0 radical (unpaired) electrons. The van der Waals surface area contributed by atoms with Crippen LogP contribution in [-0.2, 0) is 6.54 Å². The summed E-state index contributed by atoms with van der Waals surface area (Å²) in [7, 11) is 1.34. The summed E-state index contributed by atoms with van der Waals surface area (Å²) in [4.78, 5) is 36.4. The molecule has 1 amide bonds. The number of methoxy groups -OCH3 is 1. The average Bonchev–Trinajstić information content (AvgIpc) is 2.77. The van der Waals surface area contributed by atoms with Gasteiger partial charge in [-0.1, -0.05) is 12.1 Å². The summed E-state index contributed by atoms with van der Waals surface area (Å²) < 4.78 is 24.9. The SMILES string of the molecule is CCOc1cc([N+](=O)[O-])c(C(=O)Nc2cccn(Cc3ccc(F)cc3)c2=O)cc1OC. The highest BCUT2D eigenvalue weighted by Gasteiger charge is 2.25. The number of pyridine rings is 1. The smallest absolute Gasteiger partial charge is 0.286 e. The van der Waals surface area contributed by atoms with Crippen molar-refractivity contribution in [2.24, 2.45) is 0 Å². The van der Waals surface area contributed by atoms with Crippen LogP contribution in [0.15, 0.2) is 59.5 Å². The molecule has 0 saturated carbocycles. The largest absolute Gasteiger partial charge is 0.493 e. The van der Waals surface area contributed by atoms with Crippen molar-refractivity contribution in [2.45, 2.75) is 13.5 Å². The first-order valence-corrected chi connectivity index (χ1v) is 9.58. The van der Waals surface area contributed by atoms with Crippen LogP contribution in [0.5, 0.6) is 11.5 Å². The number of benzene rings is 2. The van der Waals surface area contributed by atoms with E-state index < -0.39 is 27.9 Å². The quantitative estimate of drug-likeness (QED) is 0.422. The van der Waals surface area contributed by atoms with E-state index in [0.717, 1.165) is 6.07 Å². The second-order valence-electron chi connectivity index (χ2n) is 6.65. The summed E-state index contributed by atoms with van der Waals surface area (Å²) in [5.74, 6) is -0.979. The Balaban J connectivity index is 1.92. The molecule has 0 spiro atoms. The van der Waals surface area contributed by atoms with E-state index in [4.69, 9.17) is 9.47 Å². The summed E-state index contributed by atoms with van der Waals surface area (Å²) >= 11 is 0. The van der Waals surface area contributed by atoms with E-state index in [0.29, 0.717) is 5.56 Å². The predicted octanol–water partition coefficient (Wildman–Crippen LogP) is 3.60. The Labute approximate surface area is 182 Å². The lowest BCUT2D eigenvalue weighted by Crippen LogP contribution is -2.26. The van der Waals surface area contributed by atoms with Crippen LogP contribution in [-0.4, -0.2) is 29.1 Å². The molecule has 0 unspecified atom stereocenters. The number of nitrogens with one attached hydrogen (secondary N) is 1. The maximum absolute atomic E-state index is 13.1.